The first-order valence-electron chi connectivity index (χ1n) is 21.6. The molecular weight excluding hydrogens is 881 g/mol. The van der Waals surface area contributed by atoms with Crippen LogP contribution in [0, 0.1) is 0 Å². The number of carbonyl (C=O) groups is 6. The maximum absolute atomic E-state index is 11.9. The van der Waals surface area contributed by atoms with Gasteiger partial charge in [-0.1, -0.05) is 13.2 Å². The Labute approximate surface area is 381 Å². The fraction of sp³-hybridized carbons (Fsp3) is 0.750. The summed E-state index contributed by atoms with van der Waals surface area (Å²) in [6.07, 6.45) is -2.77. The van der Waals surface area contributed by atoms with E-state index in [-0.39, 0.29) is 50.7 Å². The molecule has 0 aliphatic heterocycles. The molecule has 0 radical (unpaired) electrons. The lowest BCUT2D eigenvalue weighted by atomic mass is 10.4. The molecule has 0 spiro atoms. The summed E-state index contributed by atoms with van der Waals surface area (Å²) in [5.41, 5.74) is 0.548. The van der Waals surface area contributed by atoms with Crippen molar-refractivity contribution in [2.24, 2.45) is 0 Å². The summed E-state index contributed by atoms with van der Waals surface area (Å²) in [6.45, 7) is 28.1. The Kier molecular flexibility index (Phi) is 36.7. The van der Waals surface area contributed by atoms with Gasteiger partial charge in [-0.2, -0.15) is 0 Å². The Morgan fingerprint density at radius 1 is 0.453 bits per heavy atom. The highest BCUT2D eigenvalue weighted by Crippen LogP contribution is 2.19. The molecule has 2 atom stereocenters. The normalized spacial score (nSPS) is 11.9. The van der Waals surface area contributed by atoms with Gasteiger partial charge in [0.05, 0.1) is 13.1 Å². The molecule has 0 fully saturated rings. The molecule has 0 saturated heterocycles. The first kappa shape index (κ1) is 61.8. The van der Waals surface area contributed by atoms with E-state index < -0.39 is 66.1 Å². The van der Waals surface area contributed by atoms with Gasteiger partial charge in [0.2, 0.25) is 0 Å². The van der Waals surface area contributed by atoms with Gasteiger partial charge < -0.3 is 76.2 Å². The molecule has 0 aromatic heterocycles. The first-order valence-corrected chi connectivity index (χ1v) is 25.4. The Morgan fingerprint density at radius 3 is 1.03 bits per heavy atom. The van der Waals surface area contributed by atoms with E-state index in [0.717, 1.165) is 0 Å². The Morgan fingerprint density at radius 2 is 0.734 bits per heavy atom. The SMILES string of the molecule is C=C(C)C(=O)OCCNC(=O)OC(C)COC(=O)NCCC[Si](OCC)(OCC)OCC.C=C(C)C(=O)OCCNC(=O)OCC(C)OC(=O)NCCC[Si](OCC)(OCC)OCC. The molecule has 4 amide bonds. The molecule has 4 N–H and O–H groups in total. The topological polar surface area (TPSA) is 261 Å². The number of rotatable bonds is 34. The average molecular weight is 957 g/mol. The van der Waals surface area contributed by atoms with Crippen molar-refractivity contribution >= 4 is 53.9 Å². The van der Waals surface area contributed by atoms with Gasteiger partial charge in [-0.3, -0.25) is 0 Å². The van der Waals surface area contributed by atoms with Crippen LogP contribution in [0.5, 0.6) is 0 Å². The van der Waals surface area contributed by atoms with Crippen molar-refractivity contribution in [3.05, 3.63) is 24.3 Å². The predicted molar refractivity (Wildman–Crippen MR) is 238 cm³/mol. The van der Waals surface area contributed by atoms with E-state index in [1.54, 1.807) is 13.8 Å². The van der Waals surface area contributed by atoms with Crippen LogP contribution in [0.15, 0.2) is 24.3 Å². The van der Waals surface area contributed by atoms with Crippen LogP contribution in [0.1, 0.15) is 82.1 Å². The van der Waals surface area contributed by atoms with E-state index in [1.807, 2.05) is 41.5 Å². The van der Waals surface area contributed by atoms with Gasteiger partial charge in [0.1, 0.15) is 38.6 Å². The molecule has 0 saturated carbocycles. The zero-order valence-corrected chi connectivity index (χ0v) is 41.6. The number of hydrogen-bond donors (Lipinski definition) is 4. The maximum atomic E-state index is 11.9. The minimum atomic E-state index is -2.74. The van der Waals surface area contributed by atoms with Crippen LogP contribution >= 0.6 is 0 Å². The van der Waals surface area contributed by atoms with Gasteiger partial charge in [0.25, 0.3) is 0 Å². The summed E-state index contributed by atoms with van der Waals surface area (Å²) < 4.78 is 64.4. The lowest BCUT2D eigenvalue weighted by Crippen LogP contribution is -2.46. The summed E-state index contributed by atoms with van der Waals surface area (Å²) in [6, 6.07) is 1.15. The van der Waals surface area contributed by atoms with Crippen LogP contribution in [0.3, 0.4) is 0 Å². The van der Waals surface area contributed by atoms with Crippen LogP contribution in [-0.4, -0.2) is 158 Å². The predicted octanol–water partition coefficient (Wildman–Crippen LogP) is 4.77. The van der Waals surface area contributed by atoms with Crippen molar-refractivity contribution < 1.29 is 83.7 Å². The average Bonchev–Trinajstić information content (AvgIpc) is 3.23. The van der Waals surface area contributed by atoms with Crippen molar-refractivity contribution in [2.45, 2.75) is 106 Å². The molecule has 0 heterocycles. The van der Waals surface area contributed by atoms with Gasteiger partial charge in [-0.05, 0) is 82.1 Å². The van der Waals surface area contributed by atoms with Crippen molar-refractivity contribution in [1.82, 2.24) is 21.3 Å². The van der Waals surface area contributed by atoms with Crippen LogP contribution in [-0.2, 0) is 64.6 Å². The third-order valence-electron chi connectivity index (χ3n) is 7.46. The van der Waals surface area contributed by atoms with Crippen LogP contribution in [0.25, 0.3) is 0 Å². The molecule has 64 heavy (non-hydrogen) atoms. The van der Waals surface area contributed by atoms with Crippen LogP contribution < -0.4 is 21.3 Å². The number of amides is 4. The number of esters is 2. The van der Waals surface area contributed by atoms with E-state index in [9.17, 15) is 28.8 Å². The molecule has 22 nitrogen and oxygen atoms in total. The second kappa shape index (κ2) is 38.0. The summed E-state index contributed by atoms with van der Waals surface area (Å²) >= 11 is 0. The molecule has 0 aromatic carbocycles. The molecule has 0 aromatic rings. The fourth-order valence-electron chi connectivity index (χ4n) is 4.84. The number of alkyl carbamates (subject to hydrolysis) is 4. The van der Waals surface area contributed by atoms with E-state index >= 15 is 0 Å². The standard InChI is InChI=1S/2C20H38N2O9Si/c1-7-28-32(29-8-2,30-9-3)14-10-11-21-20(25)31-17(6)15-27-19(24)22-12-13-26-18(23)16(4)5;1-7-28-32(29-8-2,30-9-3)14-10-11-21-19(24)27-15-17(6)31-20(25)22-12-13-26-18(23)16(4)5/h17H,4,7-15H2,1-3,5-6H3,(H,21,25)(H,22,24);17H,4,7-15H2,1-3,5-6H3,(H,21,24)(H,22,25). The van der Waals surface area contributed by atoms with E-state index in [4.69, 9.17) is 55.0 Å². The molecular formula is C40H76N4O18Si2. The molecule has 0 aliphatic rings. The summed E-state index contributed by atoms with van der Waals surface area (Å²) in [4.78, 5) is 69.4. The van der Waals surface area contributed by atoms with Crippen LogP contribution in [0.2, 0.25) is 12.1 Å². The summed E-state index contributed by atoms with van der Waals surface area (Å²) in [5.74, 6) is -1.07. The maximum Gasteiger partial charge on any atom is 0.500 e. The number of hydrogen-bond acceptors (Lipinski definition) is 18. The monoisotopic (exact) mass is 956 g/mol. The second-order valence-electron chi connectivity index (χ2n) is 13.3. The number of ether oxygens (including phenoxy) is 6. The van der Waals surface area contributed by atoms with Gasteiger partial charge in [0, 0.05) is 76.0 Å². The van der Waals surface area contributed by atoms with Crippen molar-refractivity contribution in [3.63, 3.8) is 0 Å². The van der Waals surface area contributed by atoms with Gasteiger partial charge in [-0.15, -0.1) is 0 Å². The van der Waals surface area contributed by atoms with Gasteiger partial charge in [0.15, 0.2) is 0 Å². The summed E-state index contributed by atoms with van der Waals surface area (Å²) in [7, 11) is -5.48. The van der Waals surface area contributed by atoms with Crippen molar-refractivity contribution in [3.8, 4) is 0 Å². The minimum absolute atomic E-state index is 0.00468. The number of carbonyl (C=O) groups excluding carboxylic acids is 6. The summed E-state index contributed by atoms with van der Waals surface area (Å²) in [5, 5.41) is 10.1. The largest absolute Gasteiger partial charge is 0.500 e. The zero-order valence-electron chi connectivity index (χ0n) is 39.6. The van der Waals surface area contributed by atoms with E-state index in [0.29, 0.717) is 77.7 Å². The molecule has 0 bridgehead atoms. The molecule has 24 heteroatoms. The highest BCUT2D eigenvalue weighted by atomic mass is 28.4. The quantitative estimate of drug-likeness (QED) is 0.0223. The third kappa shape index (κ3) is 32.4. The van der Waals surface area contributed by atoms with E-state index in [2.05, 4.69) is 34.4 Å². The fourth-order valence-corrected chi connectivity index (χ4v) is 10.1. The minimum Gasteiger partial charge on any atom is -0.460 e. The molecule has 0 aliphatic carbocycles. The highest BCUT2D eigenvalue weighted by Gasteiger charge is 2.40. The third-order valence-corrected chi connectivity index (χ3v) is 13.8. The van der Waals surface area contributed by atoms with Crippen molar-refractivity contribution in [1.29, 1.82) is 0 Å². The number of nitrogens with one attached hydrogen (secondary N) is 4. The highest BCUT2D eigenvalue weighted by molar-refractivity contribution is 6.61. The van der Waals surface area contributed by atoms with Crippen molar-refractivity contribution in [2.75, 3.05) is 92.2 Å². The Balaban J connectivity index is 0. The molecule has 2 unspecified atom stereocenters. The van der Waals surface area contributed by atoms with Crippen LogP contribution in [0.4, 0.5) is 19.2 Å². The Hall–Kier alpha value is -4.31. The van der Waals surface area contributed by atoms with Gasteiger partial charge in [-0.25, -0.2) is 28.8 Å². The first-order chi connectivity index (χ1) is 30.4. The van der Waals surface area contributed by atoms with E-state index in [1.165, 1.54) is 13.8 Å². The second-order valence-corrected chi connectivity index (χ2v) is 18.8. The molecule has 372 valence electrons. The smallest absolute Gasteiger partial charge is 0.460 e. The lowest BCUT2D eigenvalue weighted by molar-refractivity contribution is -0.139. The Bertz CT molecular complexity index is 1340. The zero-order chi connectivity index (χ0) is 48.8. The lowest BCUT2D eigenvalue weighted by Gasteiger charge is -2.28. The van der Waals surface area contributed by atoms with Gasteiger partial charge >= 0.3 is 53.9 Å². The molecule has 0 rings (SSSR count).